The summed E-state index contributed by atoms with van der Waals surface area (Å²) in [4.78, 5) is 17.0. The molecule has 1 saturated heterocycles. The molecule has 4 rings (SSSR count). The number of hydrogen-bond acceptors (Lipinski definition) is 7. The molecule has 164 valence electrons. The molecule has 1 aliphatic heterocycles. The lowest BCUT2D eigenvalue weighted by Crippen LogP contribution is -2.38. The summed E-state index contributed by atoms with van der Waals surface area (Å²) in [6.45, 7) is 2.38. The van der Waals surface area contributed by atoms with E-state index in [0.29, 0.717) is 18.4 Å². The lowest BCUT2D eigenvalue weighted by Gasteiger charge is -2.23. The van der Waals surface area contributed by atoms with E-state index in [2.05, 4.69) is 15.4 Å². The van der Waals surface area contributed by atoms with Gasteiger partial charge in [-0.15, -0.1) is 11.3 Å². The SMILES string of the molecule is Cn1ncc(N(N)C(=O)c2csc(-c3c(F)cccc3F)n2)c1OCC1CCNCC1. The van der Waals surface area contributed by atoms with Crippen molar-refractivity contribution in [2.24, 2.45) is 18.8 Å². The molecule has 3 aromatic rings. The molecule has 2 aromatic heterocycles. The Labute approximate surface area is 181 Å². The normalized spacial score (nSPS) is 14.6. The molecule has 0 aliphatic carbocycles. The fourth-order valence-electron chi connectivity index (χ4n) is 3.41. The van der Waals surface area contributed by atoms with Crippen molar-refractivity contribution in [2.75, 3.05) is 24.7 Å². The first-order valence-corrected chi connectivity index (χ1v) is 10.7. The van der Waals surface area contributed by atoms with Gasteiger partial charge in [0.15, 0.2) is 0 Å². The summed E-state index contributed by atoms with van der Waals surface area (Å²) >= 11 is 0.958. The Morgan fingerprint density at radius 2 is 2.06 bits per heavy atom. The number of nitrogens with one attached hydrogen (secondary N) is 1. The van der Waals surface area contributed by atoms with E-state index < -0.39 is 17.5 Å². The zero-order chi connectivity index (χ0) is 22.0. The zero-order valence-electron chi connectivity index (χ0n) is 16.8. The number of hydrogen-bond donors (Lipinski definition) is 2. The number of rotatable bonds is 6. The molecule has 0 saturated carbocycles. The van der Waals surface area contributed by atoms with E-state index in [1.165, 1.54) is 22.3 Å². The first kappa shape index (κ1) is 21.3. The first-order chi connectivity index (χ1) is 15.0. The number of thiazole rings is 1. The van der Waals surface area contributed by atoms with Gasteiger partial charge in [0, 0.05) is 12.4 Å². The van der Waals surface area contributed by atoms with Crippen LogP contribution < -0.4 is 20.9 Å². The van der Waals surface area contributed by atoms with E-state index in [4.69, 9.17) is 10.6 Å². The maximum Gasteiger partial charge on any atom is 0.292 e. The highest BCUT2D eigenvalue weighted by molar-refractivity contribution is 7.13. The van der Waals surface area contributed by atoms with Crippen molar-refractivity contribution < 1.29 is 18.3 Å². The van der Waals surface area contributed by atoms with Gasteiger partial charge in [-0.3, -0.25) is 4.79 Å². The minimum Gasteiger partial charge on any atom is -0.476 e. The average Bonchev–Trinajstić information content (AvgIpc) is 3.39. The molecule has 1 fully saturated rings. The topological polar surface area (TPSA) is 98.3 Å². The van der Waals surface area contributed by atoms with Crippen molar-refractivity contribution in [3.05, 3.63) is 47.1 Å². The molecule has 3 heterocycles. The fourth-order valence-corrected chi connectivity index (χ4v) is 4.25. The molecule has 0 atom stereocenters. The summed E-state index contributed by atoms with van der Waals surface area (Å²) in [7, 11) is 1.70. The van der Waals surface area contributed by atoms with Crippen LogP contribution in [0.25, 0.3) is 10.6 Å². The lowest BCUT2D eigenvalue weighted by atomic mass is 9.99. The highest BCUT2D eigenvalue weighted by Gasteiger charge is 2.25. The van der Waals surface area contributed by atoms with Crippen molar-refractivity contribution >= 4 is 22.9 Å². The van der Waals surface area contributed by atoms with Crippen LogP contribution >= 0.6 is 11.3 Å². The number of benzene rings is 1. The Bertz CT molecular complexity index is 1060. The van der Waals surface area contributed by atoms with E-state index >= 15 is 0 Å². The molecule has 1 aromatic carbocycles. The maximum atomic E-state index is 14.0. The third kappa shape index (κ3) is 4.43. The summed E-state index contributed by atoms with van der Waals surface area (Å²) < 4.78 is 35.5. The molecule has 3 N–H and O–H groups in total. The van der Waals surface area contributed by atoms with Gasteiger partial charge in [-0.2, -0.15) is 5.10 Å². The summed E-state index contributed by atoms with van der Waals surface area (Å²) in [6.07, 6.45) is 3.44. The Balaban J connectivity index is 1.52. The second-order valence-electron chi connectivity index (χ2n) is 7.27. The van der Waals surface area contributed by atoms with Gasteiger partial charge < -0.3 is 10.1 Å². The van der Waals surface area contributed by atoms with E-state index in [-0.39, 0.29) is 22.0 Å². The molecule has 1 amide bonds. The third-order valence-electron chi connectivity index (χ3n) is 5.16. The molecule has 0 bridgehead atoms. The standard InChI is InChI=1S/C20H22F2N6O2S/c1-27-20(30-10-12-5-7-24-8-6-12)16(9-25-27)28(23)19(29)15-11-31-18(26-15)17-13(21)3-2-4-14(17)22/h2-4,9,11-12,24H,5-8,10,23H2,1H3. The van der Waals surface area contributed by atoms with Crippen molar-refractivity contribution in [3.63, 3.8) is 0 Å². The minimum absolute atomic E-state index is 0.0293. The van der Waals surface area contributed by atoms with Gasteiger partial charge in [-0.25, -0.2) is 29.3 Å². The molecule has 8 nitrogen and oxygen atoms in total. The molecule has 0 spiro atoms. The van der Waals surface area contributed by atoms with Crippen molar-refractivity contribution in [1.29, 1.82) is 0 Å². The van der Waals surface area contributed by atoms with Crippen LogP contribution in [0.4, 0.5) is 14.5 Å². The lowest BCUT2D eigenvalue weighted by molar-refractivity contribution is 0.0981. The summed E-state index contributed by atoms with van der Waals surface area (Å²) in [5.41, 5.74) is -0.0196. The van der Waals surface area contributed by atoms with Gasteiger partial charge in [0.25, 0.3) is 5.91 Å². The highest BCUT2D eigenvalue weighted by atomic mass is 32.1. The Morgan fingerprint density at radius 1 is 1.35 bits per heavy atom. The van der Waals surface area contributed by atoms with E-state index in [9.17, 15) is 13.6 Å². The van der Waals surface area contributed by atoms with Crippen LogP contribution in [0.5, 0.6) is 5.88 Å². The van der Waals surface area contributed by atoms with Crippen LogP contribution in [0.15, 0.2) is 29.8 Å². The van der Waals surface area contributed by atoms with Crippen molar-refractivity contribution in [2.45, 2.75) is 12.8 Å². The number of carbonyl (C=O) groups is 1. The number of aromatic nitrogens is 3. The smallest absolute Gasteiger partial charge is 0.292 e. The number of nitrogens with two attached hydrogens (primary N) is 1. The highest BCUT2D eigenvalue weighted by Crippen LogP contribution is 2.31. The Kier molecular flexibility index (Phi) is 6.25. The van der Waals surface area contributed by atoms with Gasteiger partial charge in [0.2, 0.25) is 5.88 Å². The van der Waals surface area contributed by atoms with Crippen LogP contribution in [0.3, 0.4) is 0 Å². The van der Waals surface area contributed by atoms with Crippen molar-refractivity contribution in [3.8, 4) is 16.5 Å². The van der Waals surface area contributed by atoms with Gasteiger partial charge in [-0.05, 0) is 44.0 Å². The van der Waals surface area contributed by atoms with Crippen LogP contribution in [-0.4, -0.2) is 40.4 Å². The molecular formula is C20H22F2N6O2S. The summed E-state index contributed by atoms with van der Waals surface area (Å²) in [5, 5.41) is 9.80. The maximum absolute atomic E-state index is 14.0. The molecule has 0 radical (unpaired) electrons. The second-order valence-corrected chi connectivity index (χ2v) is 8.13. The minimum atomic E-state index is -0.751. The van der Waals surface area contributed by atoms with E-state index in [0.717, 1.165) is 54.4 Å². The Hall–Kier alpha value is -2.89. The molecule has 0 unspecified atom stereocenters. The van der Waals surface area contributed by atoms with Crippen LogP contribution in [-0.2, 0) is 7.05 Å². The van der Waals surface area contributed by atoms with Gasteiger partial charge in [-0.1, -0.05) is 6.07 Å². The monoisotopic (exact) mass is 448 g/mol. The predicted octanol–water partition coefficient (Wildman–Crippen LogP) is 2.72. The molecule has 31 heavy (non-hydrogen) atoms. The number of halogens is 2. The number of amides is 1. The molecule has 1 aliphatic rings. The summed E-state index contributed by atoms with van der Waals surface area (Å²) in [5.74, 6) is 4.69. The average molecular weight is 448 g/mol. The number of ether oxygens (including phenoxy) is 1. The largest absolute Gasteiger partial charge is 0.476 e. The second kappa shape index (κ2) is 9.08. The number of carbonyl (C=O) groups excluding carboxylic acids is 1. The molecular weight excluding hydrogens is 426 g/mol. The van der Waals surface area contributed by atoms with Gasteiger partial charge in [0.05, 0.1) is 18.4 Å². The number of hydrazine groups is 1. The number of nitrogens with zero attached hydrogens (tertiary/aromatic N) is 4. The Morgan fingerprint density at radius 3 is 2.77 bits per heavy atom. The number of aryl methyl sites for hydroxylation is 1. The fraction of sp³-hybridized carbons (Fsp3) is 0.350. The molecule has 11 heteroatoms. The van der Waals surface area contributed by atoms with Gasteiger partial charge in [0.1, 0.15) is 28.0 Å². The number of anilines is 1. The zero-order valence-corrected chi connectivity index (χ0v) is 17.7. The van der Waals surface area contributed by atoms with Crippen molar-refractivity contribution in [1.82, 2.24) is 20.1 Å². The quantitative estimate of drug-likeness (QED) is 0.342. The van der Waals surface area contributed by atoms with Crippen LogP contribution in [0, 0.1) is 17.6 Å². The van der Waals surface area contributed by atoms with Crippen LogP contribution in [0.1, 0.15) is 23.3 Å². The van der Waals surface area contributed by atoms with Crippen LogP contribution in [0.2, 0.25) is 0 Å². The number of piperidine rings is 1. The van der Waals surface area contributed by atoms with E-state index in [1.807, 2.05) is 0 Å². The third-order valence-corrected chi connectivity index (χ3v) is 6.02. The van der Waals surface area contributed by atoms with E-state index in [1.54, 1.807) is 7.05 Å². The first-order valence-electron chi connectivity index (χ1n) is 9.80. The van der Waals surface area contributed by atoms with Gasteiger partial charge >= 0.3 is 0 Å². The predicted molar refractivity (Wildman–Crippen MR) is 113 cm³/mol. The summed E-state index contributed by atoms with van der Waals surface area (Å²) in [6, 6.07) is 3.54.